The first-order valence-corrected chi connectivity index (χ1v) is 43.4. The number of carbonyl (C=O) groups is 4. The molecule has 0 aliphatic rings. The van der Waals surface area contributed by atoms with Crippen LogP contribution in [0.2, 0.25) is 0 Å². The van der Waals surface area contributed by atoms with Crippen molar-refractivity contribution in [1.29, 1.82) is 0 Å². The lowest BCUT2D eigenvalue weighted by Gasteiger charge is -2.21. The van der Waals surface area contributed by atoms with Crippen LogP contribution >= 0.6 is 15.6 Å². The Morgan fingerprint density at radius 3 is 0.865 bits per heavy atom. The number of esters is 4. The third kappa shape index (κ3) is 75.4. The highest BCUT2D eigenvalue weighted by Crippen LogP contribution is 2.45. The van der Waals surface area contributed by atoms with Gasteiger partial charge in [-0.05, 0) is 122 Å². The highest BCUT2D eigenvalue weighted by Gasteiger charge is 2.30. The van der Waals surface area contributed by atoms with E-state index in [1.54, 1.807) is 0 Å². The normalized spacial score (nSPS) is 14.6. The summed E-state index contributed by atoms with van der Waals surface area (Å²) in [6, 6.07) is 0. The third-order valence-electron chi connectivity index (χ3n) is 16.6. The second-order valence-corrected chi connectivity index (χ2v) is 29.5. The van der Waals surface area contributed by atoms with Gasteiger partial charge in [-0.25, -0.2) is 9.13 Å². The Balaban J connectivity index is 5.38. The van der Waals surface area contributed by atoms with Crippen LogP contribution in [0.4, 0.5) is 0 Å². The van der Waals surface area contributed by atoms with Crippen molar-refractivity contribution in [1.82, 2.24) is 0 Å². The molecule has 0 aliphatic carbocycles. The van der Waals surface area contributed by atoms with Gasteiger partial charge in [0.1, 0.15) is 19.3 Å². The summed E-state index contributed by atoms with van der Waals surface area (Å²) in [5.41, 5.74) is 0. The molecule has 0 aromatic heterocycles. The van der Waals surface area contributed by atoms with Crippen LogP contribution in [0.25, 0.3) is 0 Å². The van der Waals surface area contributed by atoms with E-state index in [1.807, 2.05) is 18.2 Å². The molecule has 0 aromatic rings. The van der Waals surface area contributed by atoms with Gasteiger partial charge >= 0.3 is 39.5 Å². The molecule has 0 saturated carbocycles. The summed E-state index contributed by atoms with van der Waals surface area (Å²) in [4.78, 5) is 73.0. The van der Waals surface area contributed by atoms with Crippen molar-refractivity contribution in [2.75, 3.05) is 39.6 Å². The van der Waals surface area contributed by atoms with Gasteiger partial charge in [-0.1, -0.05) is 309 Å². The first-order valence-electron chi connectivity index (χ1n) is 40.4. The molecular weight excluding hydrogens is 1350 g/mol. The fraction of sp³-hybridized carbons (Fsp3) is 0.694. The number of aliphatic hydroxyl groups is 1. The maximum absolute atomic E-state index is 13.1. The van der Waals surface area contributed by atoms with Crippen LogP contribution < -0.4 is 0 Å². The van der Waals surface area contributed by atoms with Crippen molar-refractivity contribution in [3.63, 3.8) is 0 Å². The Bertz CT molecular complexity index is 2490. The lowest BCUT2D eigenvalue weighted by Crippen LogP contribution is -2.30. The highest BCUT2D eigenvalue weighted by atomic mass is 31.2. The van der Waals surface area contributed by atoms with Crippen molar-refractivity contribution >= 4 is 39.5 Å². The van der Waals surface area contributed by atoms with Crippen LogP contribution in [-0.2, 0) is 65.4 Å². The highest BCUT2D eigenvalue weighted by molar-refractivity contribution is 7.47. The van der Waals surface area contributed by atoms with Crippen LogP contribution in [0.15, 0.2) is 134 Å². The zero-order chi connectivity index (χ0) is 76.0. The van der Waals surface area contributed by atoms with Crippen LogP contribution in [0.1, 0.15) is 323 Å². The standard InChI is InChI=1S/C85H144O17P2/c1-5-9-13-17-21-25-29-32-35-37-39-41-44-46-50-53-57-61-65-69-82(87)95-75-80(101-84(89)71-67-63-59-55-49-28-24-20-16-12-8-4)77-99-103(91,92)97-73-79(86)74-98-104(93,94)100-78-81(102-85(90)72-68-64-60-56-52-48-43-34-31-27-23-19-15-11-7-3)76-96-83(88)70-66-62-58-54-51-47-45-42-40-38-36-33-30-26-22-18-14-10-6-2/h9-10,13-14,20-22,24-26,32-33,35-36,39-42,46,50,57,61,79-81,86H,5-8,11-12,15-19,23,27-31,34,37-38,43-45,47-49,51-56,58-60,62-78H2,1-4H3,(H,91,92)(H,93,94)/b13-9-,14-10-,24-20-,25-21-,26-22-,35-32-,36-33-,41-39-,42-40-,50-46-,61-57-. The number of unbranched alkanes of at least 4 members (excludes halogenated alkanes) is 27. The topological polar surface area (TPSA) is 237 Å². The Labute approximate surface area is 631 Å². The Kier molecular flexibility index (Phi) is 72.9. The van der Waals surface area contributed by atoms with Crippen LogP contribution in [0.3, 0.4) is 0 Å². The summed E-state index contributed by atoms with van der Waals surface area (Å²) in [6.07, 6.45) is 85.9. The zero-order valence-electron chi connectivity index (χ0n) is 65.2. The SMILES string of the molecule is CC/C=C\C/C=C\C/C=C\C/C=C\C/C=C\C/C=C\CCC(=O)OCC(COP(=O)(O)OCC(O)COP(=O)(O)OCC(COC(=O)CCCCCCCC/C=C\C/C=C\C/C=C\C/C=C\CC)OC(=O)CCCCCCCCCCCCCCCCC)OC(=O)CCCCCCC/C=C\CCCC. The molecule has 0 saturated heterocycles. The van der Waals surface area contributed by atoms with E-state index < -0.39 is 97.5 Å². The smallest absolute Gasteiger partial charge is 0.462 e. The van der Waals surface area contributed by atoms with Gasteiger partial charge < -0.3 is 33.8 Å². The zero-order valence-corrected chi connectivity index (χ0v) is 66.9. The number of hydrogen-bond donors (Lipinski definition) is 3. The molecule has 0 aliphatic heterocycles. The van der Waals surface area contributed by atoms with E-state index in [-0.39, 0.29) is 25.7 Å². The molecular formula is C85H144O17P2. The van der Waals surface area contributed by atoms with Gasteiger partial charge in [-0.3, -0.25) is 37.3 Å². The Hall–Kier alpha value is -4.80. The molecule has 0 bridgehead atoms. The molecule has 0 aromatic carbocycles. The van der Waals surface area contributed by atoms with E-state index in [0.717, 1.165) is 161 Å². The van der Waals surface area contributed by atoms with Crippen LogP contribution in [0.5, 0.6) is 0 Å². The van der Waals surface area contributed by atoms with E-state index in [9.17, 15) is 43.2 Å². The predicted molar refractivity (Wildman–Crippen MR) is 427 cm³/mol. The molecule has 0 spiro atoms. The molecule has 3 N–H and O–H groups in total. The molecule has 104 heavy (non-hydrogen) atoms. The molecule has 0 amide bonds. The fourth-order valence-corrected chi connectivity index (χ4v) is 12.1. The molecule has 0 fully saturated rings. The summed E-state index contributed by atoms with van der Waals surface area (Å²) in [6.45, 7) is 4.52. The van der Waals surface area contributed by atoms with Crippen LogP contribution in [0, 0.1) is 0 Å². The van der Waals surface area contributed by atoms with E-state index in [2.05, 4.69) is 143 Å². The number of phosphoric acid groups is 2. The molecule has 19 heteroatoms. The largest absolute Gasteiger partial charge is 0.472 e. The molecule has 0 rings (SSSR count). The lowest BCUT2D eigenvalue weighted by atomic mass is 10.0. The summed E-state index contributed by atoms with van der Waals surface area (Å²) < 4.78 is 68.5. The van der Waals surface area contributed by atoms with Gasteiger partial charge in [0.2, 0.25) is 0 Å². The minimum atomic E-state index is -5.00. The van der Waals surface area contributed by atoms with Crippen LogP contribution in [-0.4, -0.2) is 96.7 Å². The molecule has 5 atom stereocenters. The molecule has 0 radical (unpaired) electrons. The lowest BCUT2D eigenvalue weighted by molar-refractivity contribution is -0.161. The summed E-state index contributed by atoms with van der Waals surface area (Å²) in [5, 5.41) is 10.6. The average molecular weight is 1500 g/mol. The fourth-order valence-electron chi connectivity index (χ4n) is 10.5. The van der Waals surface area contributed by atoms with Crippen molar-refractivity contribution in [2.24, 2.45) is 0 Å². The van der Waals surface area contributed by atoms with E-state index in [1.165, 1.54) is 77.0 Å². The van der Waals surface area contributed by atoms with Gasteiger partial charge in [-0.2, -0.15) is 0 Å². The third-order valence-corrected chi connectivity index (χ3v) is 18.5. The minimum Gasteiger partial charge on any atom is -0.462 e. The number of ether oxygens (including phenoxy) is 4. The second-order valence-electron chi connectivity index (χ2n) is 26.6. The van der Waals surface area contributed by atoms with Gasteiger partial charge in [-0.15, -0.1) is 0 Å². The number of rotatable bonds is 75. The molecule has 5 unspecified atom stereocenters. The number of hydrogen-bond acceptors (Lipinski definition) is 15. The average Bonchev–Trinajstić information content (AvgIpc) is 0.931. The van der Waals surface area contributed by atoms with Gasteiger partial charge in [0.05, 0.1) is 26.4 Å². The van der Waals surface area contributed by atoms with E-state index in [4.69, 9.17) is 37.0 Å². The van der Waals surface area contributed by atoms with Gasteiger partial charge in [0.25, 0.3) is 0 Å². The maximum Gasteiger partial charge on any atom is 0.472 e. The molecule has 17 nitrogen and oxygen atoms in total. The Morgan fingerprint density at radius 1 is 0.279 bits per heavy atom. The molecule has 0 heterocycles. The number of carbonyl (C=O) groups excluding carboxylic acids is 4. The quantitative estimate of drug-likeness (QED) is 0.0169. The summed E-state index contributed by atoms with van der Waals surface area (Å²) in [5.74, 6) is -2.29. The number of aliphatic hydroxyl groups excluding tert-OH is 1. The van der Waals surface area contributed by atoms with Crippen molar-refractivity contribution in [3.8, 4) is 0 Å². The van der Waals surface area contributed by atoms with E-state index >= 15 is 0 Å². The van der Waals surface area contributed by atoms with E-state index in [0.29, 0.717) is 32.1 Å². The monoisotopic (exact) mass is 1500 g/mol. The second kappa shape index (κ2) is 76.4. The summed E-state index contributed by atoms with van der Waals surface area (Å²) >= 11 is 0. The van der Waals surface area contributed by atoms with Crippen molar-refractivity contribution < 1.29 is 80.2 Å². The van der Waals surface area contributed by atoms with Gasteiger partial charge in [0.15, 0.2) is 12.2 Å². The maximum atomic E-state index is 13.1. The predicted octanol–water partition coefficient (Wildman–Crippen LogP) is 23.7. The summed E-state index contributed by atoms with van der Waals surface area (Å²) in [7, 11) is -9.98. The van der Waals surface area contributed by atoms with Crippen molar-refractivity contribution in [2.45, 2.75) is 341 Å². The minimum absolute atomic E-state index is 0.0325. The molecule has 596 valence electrons. The first-order chi connectivity index (χ1) is 50.7. The van der Waals surface area contributed by atoms with Crippen molar-refractivity contribution in [3.05, 3.63) is 134 Å². The number of allylic oxidation sites excluding steroid dienone is 22. The number of phosphoric ester groups is 2. The Morgan fingerprint density at radius 2 is 0.529 bits per heavy atom. The van der Waals surface area contributed by atoms with Gasteiger partial charge in [0, 0.05) is 25.7 Å². The first kappa shape index (κ1) is 99.2.